The molecule has 0 N–H and O–H groups in total. The minimum Gasteiger partial charge on any atom is -0.0652 e. The Bertz CT molecular complexity index is 85.5. The molecule has 0 aliphatic rings. The molecule has 0 aromatic rings. The minimum absolute atomic E-state index is 0.559. The van der Waals surface area contributed by atoms with E-state index < -0.39 is 7.26 Å². The smallest absolute Gasteiger partial charge is 0.0652 e. The first-order chi connectivity index (χ1) is 5.02. The first-order valence-corrected chi connectivity index (χ1v) is 8.03. The van der Waals surface area contributed by atoms with Crippen LogP contribution in [-0.2, 0) is 0 Å². The molecule has 0 unspecified atom stereocenters. The molecule has 0 heterocycles. The average Bonchev–Trinajstić information content (AvgIpc) is 1.85. The molecule has 0 aromatic carbocycles. The zero-order chi connectivity index (χ0) is 8.91. The van der Waals surface area contributed by atoms with Gasteiger partial charge in [0, 0.05) is 27.3 Å². The Hall–Kier alpha value is 0.430. The summed E-state index contributed by atoms with van der Waals surface area (Å²) in [4.78, 5) is 0. The van der Waals surface area contributed by atoms with Crippen molar-refractivity contribution in [3.8, 4) is 0 Å². The van der Waals surface area contributed by atoms with Crippen LogP contribution in [0.3, 0.4) is 0 Å². The average molecular weight is 175 g/mol. The summed E-state index contributed by atoms with van der Waals surface area (Å²) in [5.74, 6) is 0. The summed E-state index contributed by atoms with van der Waals surface area (Å²) >= 11 is 0. The summed E-state index contributed by atoms with van der Waals surface area (Å²) in [6, 6.07) is 0. The summed E-state index contributed by atoms with van der Waals surface area (Å²) in [5.41, 5.74) is 1.04. The summed E-state index contributed by atoms with van der Waals surface area (Å²) in [6.07, 6.45) is 5.63. The van der Waals surface area contributed by atoms with E-state index in [9.17, 15) is 0 Å². The van der Waals surface area contributed by atoms with Gasteiger partial charge in [-0.05, 0) is 12.8 Å². The third kappa shape index (κ3) is 4.80. The fourth-order valence-electron chi connectivity index (χ4n) is 1.59. The molecule has 11 heavy (non-hydrogen) atoms. The van der Waals surface area contributed by atoms with Gasteiger partial charge in [-0.3, -0.25) is 0 Å². The quantitative estimate of drug-likeness (QED) is 0.556. The van der Waals surface area contributed by atoms with Gasteiger partial charge >= 0.3 is 0 Å². The van der Waals surface area contributed by atoms with Gasteiger partial charge < -0.3 is 0 Å². The molecular formula is C10H24P+. The fraction of sp³-hybridized carbons (Fsp3) is 1.00. The second kappa shape index (κ2) is 5.14. The standard InChI is InChI=1S/C10H24P/c1-6-8-10(9-7-2)11(3,4)5/h10H,6-9H2,1-5H3/q+1. The molecule has 0 aliphatic heterocycles. The molecule has 0 nitrogen and oxygen atoms in total. The van der Waals surface area contributed by atoms with Gasteiger partial charge in [0.1, 0.15) is 0 Å². The third-order valence-electron chi connectivity index (χ3n) is 2.34. The maximum Gasteiger partial charge on any atom is 0.0689 e. The Kier molecular flexibility index (Phi) is 5.34. The van der Waals surface area contributed by atoms with E-state index in [4.69, 9.17) is 0 Å². The minimum atomic E-state index is -0.559. The Morgan fingerprint density at radius 1 is 0.909 bits per heavy atom. The number of hydrogen-bond acceptors (Lipinski definition) is 0. The van der Waals surface area contributed by atoms with Crippen molar-refractivity contribution in [2.75, 3.05) is 20.0 Å². The molecule has 0 atom stereocenters. The molecule has 0 aliphatic carbocycles. The van der Waals surface area contributed by atoms with Crippen LogP contribution in [0.1, 0.15) is 39.5 Å². The van der Waals surface area contributed by atoms with Crippen LogP contribution in [0.15, 0.2) is 0 Å². The number of hydrogen-bond donors (Lipinski definition) is 0. The van der Waals surface area contributed by atoms with Crippen LogP contribution in [0.4, 0.5) is 0 Å². The Balaban J connectivity index is 3.88. The Morgan fingerprint density at radius 3 is 1.45 bits per heavy atom. The molecule has 0 fully saturated rings. The van der Waals surface area contributed by atoms with Gasteiger partial charge in [-0.25, -0.2) is 0 Å². The van der Waals surface area contributed by atoms with E-state index in [1.54, 1.807) is 0 Å². The molecular weight excluding hydrogens is 151 g/mol. The lowest BCUT2D eigenvalue weighted by Gasteiger charge is -2.23. The SMILES string of the molecule is CCCC(CCC)[P+](C)(C)C. The third-order valence-corrected chi connectivity index (χ3v) is 5.05. The maximum absolute atomic E-state index is 2.48. The highest BCUT2D eigenvalue weighted by Gasteiger charge is 2.28. The maximum atomic E-state index is 2.48. The van der Waals surface area contributed by atoms with Crippen LogP contribution in [0.5, 0.6) is 0 Å². The first kappa shape index (κ1) is 11.4. The van der Waals surface area contributed by atoms with E-state index in [2.05, 4.69) is 33.8 Å². The van der Waals surface area contributed by atoms with E-state index in [0.717, 1.165) is 5.66 Å². The van der Waals surface area contributed by atoms with Gasteiger partial charge in [0.05, 0.1) is 5.66 Å². The molecule has 68 valence electrons. The normalized spacial score (nSPS) is 12.5. The van der Waals surface area contributed by atoms with E-state index in [1.165, 1.54) is 25.7 Å². The van der Waals surface area contributed by atoms with E-state index in [0.29, 0.717) is 0 Å². The van der Waals surface area contributed by atoms with Crippen molar-refractivity contribution >= 4 is 7.26 Å². The molecule has 0 rings (SSSR count). The largest absolute Gasteiger partial charge is 0.0689 e. The van der Waals surface area contributed by atoms with Crippen LogP contribution in [-0.4, -0.2) is 25.7 Å². The number of rotatable bonds is 5. The fourth-order valence-corrected chi connectivity index (χ4v) is 3.65. The molecule has 0 saturated heterocycles. The molecule has 0 aromatic heterocycles. The van der Waals surface area contributed by atoms with Gasteiger partial charge in [-0.15, -0.1) is 0 Å². The second-order valence-corrected chi connectivity index (χ2v) is 9.31. The van der Waals surface area contributed by atoms with Crippen LogP contribution >= 0.6 is 7.26 Å². The van der Waals surface area contributed by atoms with Crippen molar-refractivity contribution in [1.29, 1.82) is 0 Å². The topological polar surface area (TPSA) is 0 Å². The Morgan fingerprint density at radius 2 is 1.27 bits per heavy atom. The van der Waals surface area contributed by atoms with Crippen molar-refractivity contribution in [3.05, 3.63) is 0 Å². The molecule has 0 spiro atoms. The van der Waals surface area contributed by atoms with Crippen LogP contribution in [0.25, 0.3) is 0 Å². The highest BCUT2D eigenvalue weighted by Crippen LogP contribution is 2.55. The molecule has 0 radical (unpaired) electrons. The van der Waals surface area contributed by atoms with Gasteiger partial charge in [0.15, 0.2) is 0 Å². The lowest BCUT2D eigenvalue weighted by Crippen LogP contribution is -2.10. The van der Waals surface area contributed by atoms with E-state index in [1.807, 2.05) is 0 Å². The highest BCUT2D eigenvalue weighted by molar-refractivity contribution is 7.74. The van der Waals surface area contributed by atoms with Crippen molar-refractivity contribution < 1.29 is 0 Å². The Labute approximate surface area is 73.1 Å². The van der Waals surface area contributed by atoms with Crippen LogP contribution in [0.2, 0.25) is 0 Å². The first-order valence-electron chi connectivity index (χ1n) is 4.83. The summed E-state index contributed by atoms with van der Waals surface area (Å²) < 4.78 is 0. The predicted octanol–water partition coefficient (Wildman–Crippen LogP) is 3.86. The van der Waals surface area contributed by atoms with Gasteiger partial charge in [-0.2, -0.15) is 0 Å². The summed E-state index contributed by atoms with van der Waals surface area (Å²) in [6.45, 7) is 12.0. The van der Waals surface area contributed by atoms with Gasteiger partial charge in [0.2, 0.25) is 0 Å². The van der Waals surface area contributed by atoms with E-state index in [-0.39, 0.29) is 0 Å². The van der Waals surface area contributed by atoms with E-state index >= 15 is 0 Å². The predicted molar refractivity (Wildman–Crippen MR) is 58.3 cm³/mol. The van der Waals surface area contributed by atoms with Crippen molar-refractivity contribution in [2.45, 2.75) is 45.2 Å². The highest BCUT2D eigenvalue weighted by atomic mass is 31.2. The second-order valence-electron chi connectivity index (χ2n) is 4.35. The lowest BCUT2D eigenvalue weighted by molar-refractivity contribution is 0.661. The monoisotopic (exact) mass is 175 g/mol. The summed E-state index contributed by atoms with van der Waals surface area (Å²) in [7, 11) is -0.559. The lowest BCUT2D eigenvalue weighted by atomic mass is 10.2. The van der Waals surface area contributed by atoms with Crippen molar-refractivity contribution in [1.82, 2.24) is 0 Å². The van der Waals surface area contributed by atoms with Crippen LogP contribution in [0, 0.1) is 0 Å². The molecule has 0 amide bonds. The molecule has 0 bridgehead atoms. The zero-order valence-corrected chi connectivity index (χ0v) is 9.75. The molecule has 1 heteroatoms. The zero-order valence-electron chi connectivity index (χ0n) is 8.85. The van der Waals surface area contributed by atoms with Crippen molar-refractivity contribution in [3.63, 3.8) is 0 Å². The molecule has 0 saturated carbocycles. The van der Waals surface area contributed by atoms with Crippen molar-refractivity contribution in [2.24, 2.45) is 0 Å². The summed E-state index contributed by atoms with van der Waals surface area (Å²) in [5, 5.41) is 0. The van der Waals surface area contributed by atoms with Gasteiger partial charge in [0.25, 0.3) is 0 Å². The van der Waals surface area contributed by atoms with Gasteiger partial charge in [-0.1, -0.05) is 26.7 Å². The van der Waals surface area contributed by atoms with Crippen LogP contribution < -0.4 is 0 Å².